The maximum Gasteiger partial charge on any atom is 0.407 e. The topological polar surface area (TPSA) is 92.7 Å². The van der Waals surface area contributed by atoms with E-state index in [1.165, 1.54) is 13.3 Å². The lowest BCUT2D eigenvalue weighted by atomic mass is 9.86. The highest BCUT2D eigenvalue weighted by Crippen LogP contribution is 2.19. The minimum atomic E-state index is -0.784. The summed E-state index contributed by atoms with van der Waals surface area (Å²) in [6.07, 6.45) is 2.62. The molecule has 2 rings (SSSR count). The predicted octanol–water partition coefficient (Wildman–Crippen LogP) is 2.97. The molecule has 7 heteroatoms. The molecule has 1 aromatic heterocycles. The van der Waals surface area contributed by atoms with Crippen molar-refractivity contribution in [2.24, 2.45) is 10.5 Å². The van der Waals surface area contributed by atoms with E-state index in [2.05, 4.69) is 25.6 Å². The molecule has 142 valence electrons. The van der Waals surface area contributed by atoms with Crippen molar-refractivity contribution in [2.75, 3.05) is 7.11 Å². The van der Waals surface area contributed by atoms with Crippen molar-refractivity contribution in [3.63, 3.8) is 0 Å². The minimum absolute atomic E-state index is 0.422. The number of carbonyl (C=O) groups excluding carboxylic acids is 2. The Balaban J connectivity index is 2.00. The zero-order chi connectivity index (χ0) is 19.9. The van der Waals surface area contributed by atoms with Crippen LogP contribution in [0.25, 0.3) is 11.3 Å². The summed E-state index contributed by atoms with van der Waals surface area (Å²) in [6.45, 7) is 5.52. The Kier molecular flexibility index (Phi) is 6.65. The molecule has 0 fully saturated rings. The Bertz CT molecular complexity index is 796. The minimum Gasteiger partial charge on any atom is -0.453 e. The summed E-state index contributed by atoms with van der Waals surface area (Å²) in [4.78, 5) is 28.1. The Labute approximate surface area is 158 Å². The number of hydrogen-bond donors (Lipinski definition) is 2. The van der Waals surface area contributed by atoms with Crippen LogP contribution >= 0.6 is 0 Å². The number of hydrogen-bond acceptors (Lipinski definition) is 5. The van der Waals surface area contributed by atoms with E-state index < -0.39 is 23.5 Å². The van der Waals surface area contributed by atoms with Gasteiger partial charge in [-0.3, -0.25) is 9.78 Å². The molecule has 0 saturated carbocycles. The van der Waals surface area contributed by atoms with Crippen molar-refractivity contribution in [1.82, 2.24) is 15.7 Å². The van der Waals surface area contributed by atoms with E-state index in [4.69, 9.17) is 0 Å². The molecule has 0 radical (unpaired) electrons. The number of aromatic nitrogens is 1. The third kappa shape index (κ3) is 5.91. The first-order valence-electron chi connectivity index (χ1n) is 8.50. The van der Waals surface area contributed by atoms with E-state index in [0.29, 0.717) is 0 Å². The van der Waals surface area contributed by atoms with Crippen LogP contribution in [0.5, 0.6) is 0 Å². The van der Waals surface area contributed by atoms with Gasteiger partial charge in [-0.05, 0) is 23.1 Å². The molecular formula is C20H24N4O3. The first kappa shape index (κ1) is 20.1. The molecule has 1 aromatic carbocycles. The molecule has 0 spiro atoms. The highest BCUT2D eigenvalue weighted by Gasteiger charge is 2.33. The molecule has 1 atom stereocenters. The number of pyridine rings is 1. The van der Waals surface area contributed by atoms with E-state index >= 15 is 0 Å². The molecule has 0 bridgehead atoms. The third-order valence-corrected chi connectivity index (χ3v) is 3.84. The zero-order valence-electron chi connectivity index (χ0n) is 15.9. The summed E-state index contributed by atoms with van der Waals surface area (Å²) >= 11 is 0. The Hall–Kier alpha value is -3.22. The SMILES string of the molecule is COC(=O)N[C@@H](C(=O)N/N=C\c1ccc(-c2ccccn2)cc1)C(C)(C)C. The molecule has 2 amide bonds. The lowest BCUT2D eigenvalue weighted by molar-refractivity contribution is -0.125. The van der Waals surface area contributed by atoms with E-state index in [-0.39, 0.29) is 0 Å². The van der Waals surface area contributed by atoms with Gasteiger partial charge in [0.1, 0.15) is 6.04 Å². The molecule has 2 aromatic rings. The van der Waals surface area contributed by atoms with Crippen LogP contribution in [0.3, 0.4) is 0 Å². The molecule has 7 nitrogen and oxygen atoms in total. The summed E-state index contributed by atoms with van der Waals surface area (Å²) in [5.41, 5.74) is 4.66. The van der Waals surface area contributed by atoms with Crippen molar-refractivity contribution in [3.05, 3.63) is 54.2 Å². The summed E-state index contributed by atoms with van der Waals surface area (Å²) in [7, 11) is 1.25. The van der Waals surface area contributed by atoms with Gasteiger partial charge < -0.3 is 10.1 Å². The molecule has 0 unspecified atom stereocenters. The second-order valence-electron chi connectivity index (χ2n) is 7.01. The predicted molar refractivity (Wildman–Crippen MR) is 104 cm³/mol. The van der Waals surface area contributed by atoms with Gasteiger partial charge >= 0.3 is 6.09 Å². The molecule has 0 aliphatic rings. The van der Waals surface area contributed by atoms with Crippen molar-refractivity contribution < 1.29 is 14.3 Å². The smallest absolute Gasteiger partial charge is 0.407 e. The fourth-order valence-electron chi connectivity index (χ4n) is 2.36. The first-order chi connectivity index (χ1) is 12.8. The number of carbonyl (C=O) groups is 2. The quantitative estimate of drug-likeness (QED) is 0.627. The second kappa shape index (κ2) is 8.93. The molecule has 0 aliphatic carbocycles. The summed E-state index contributed by atoms with van der Waals surface area (Å²) in [5.74, 6) is -0.422. The van der Waals surface area contributed by atoms with Crippen LogP contribution in [0.1, 0.15) is 26.3 Å². The number of amides is 2. The number of nitrogens with zero attached hydrogens (tertiary/aromatic N) is 2. The molecule has 1 heterocycles. The van der Waals surface area contributed by atoms with Gasteiger partial charge in [0.2, 0.25) is 0 Å². The van der Waals surface area contributed by atoms with Crippen LogP contribution in [-0.4, -0.2) is 36.4 Å². The van der Waals surface area contributed by atoms with E-state index in [1.54, 1.807) is 6.20 Å². The zero-order valence-corrected chi connectivity index (χ0v) is 15.9. The fraction of sp³-hybridized carbons (Fsp3) is 0.300. The normalized spacial score (nSPS) is 12.4. The fourth-order valence-corrected chi connectivity index (χ4v) is 2.36. The van der Waals surface area contributed by atoms with Gasteiger partial charge in [-0.2, -0.15) is 5.10 Å². The van der Waals surface area contributed by atoms with Gasteiger partial charge in [-0.15, -0.1) is 0 Å². The average molecular weight is 368 g/mol. The summed E-state index contributed by atoms with van der Waals surface area (Å²) in [5, 5.41) is 6.51. The lowest BCUT2D eigenvalue weighted by Crippen LogP contribution is -2.52. The number of methoxy groups -OCH3 is 1. The van der Waals surface area contributed by atoms with Gasteiger partial charge in [-0.25, -0.2) is 10.2 Å². The second-order valence-corrected chi connectivity index (χ2v) is 7.01. The van der Waals surface area contributed by atoms with Crippen LogP contribution in [0, 0.1) is 5.41 Å². The maximum atomic E-state index is 12.4. The Morgan fingerprint density at radius 3 is 2.41 bits per heavy atom. The number of benzene rings is 1. The highest BCUT2D eigenvalue weighted by atomic mass is 16.5. The van der Waals surface area contributed by atoms with Crippen LogP contribution in [-0.2, 0) is 9.53 Å². The van der Waals surface area contributed by atoms with Gasteiger partial charge in [-0.1, -0.05) is 51.1 Å². The lowest BCUT2D eigenvalue weighted by Gasteiger charge is -2.28. The van der Waals surface area contributed by atoms with Crippen molar-refractivity contribution in [1.29, 1.82) is 0 Å². The standard InChI is InChI=1S/C20H24N4O3/c1-20(2,3)17(23-19(26)27-4)18(25)24-22-13-14-8-10-15(11-9-14)16-7-5-6-12-21-16/h5-13,17H,1-4H3,(H,23,26)(H,24,25)/b22-13-/t17-/m0/s1. The van der Waals surface area contributed by atoms with E-state index in [9.17, 15) is 9.59 Å². The van der Waals surface area contributed by atoms with E-state index in [1.807, 2.05) is 63.2 Å². The molecule has 0 saturated heterocycles. The number of rotatable bonds is 5. The number of hydrazone groups is 1. The Morgan fingerprint density at radius 2 is 1.85 bits per heavy atom. The first-order valence-corrected chi connectivity index (χ1v) is 8.50. The van der Waals surface area contributed by atoms with Crippen LogP contribution in [0.15, 0.2) is 53.8 Å². The number of alkyl carbamates (subject to hydrolysis) is 1. The van der Waals surface area contributed by atoms with Crippen molar-refractivity contribution in [3.8, 4) is 11.3 Å². The molecular weight excluding hydrogens is 344 g/mol. The van der Waals surface area contributed by atoms with Crippen LogP contribution in [0.4, 0.5) is 4.79 Å². The molecule has 2 N–H and O–H groups in total. The van der Waals surface area contributed by atoms with Crippen molar-refractivity contribution >= 4 is 18.2 Å². The molecule has 27 heavy (non-hydrogen) atoms. The van der Waals surface area contributed by atoms with Gasteiger partial charge in [0.25, 0.3) is 5.91 Å². The van der Waals surface area contributed by atoms with Gasteiger partial charge in [0, 0.05) is 11.8 Å². The van der Waals surface area contributed by atoms with E-state index in [0.717, 1.165) is 16.8 Å². The summed E-state index contributed by atoms with van der Waals surface area (Å²) < 4.78 is 4.57. The van der Waals surface area contributed by atoms with Crippen LogP contribution in [0.2, 0.25) is 0 Å². The Morgan fingerprint density at radius 1 is 1.15 bits per heavy atom. The average Bonchev–Trinajstić information content (AvgIpc) is 2.66. The molecule has 0 aliphatic heterocycles. The van der Waals surface area contributed by atoms with Crippen LogP contribution < -0.4 is 10.7 Å². The summed E-state index contributed by atoms with van der Waals surface area (Å²) in [6, 6.07) is 12.6. The maximum absolute atomic E-state index is 12.4. The largest absolute Gasteiger partial charge is 0.453 e. The monoisotopic (exact) mass is 368 g/mol. The van der Waals surface area contributed by atoms with Crippen molar-refractivity contribution in [2.45, 2.75) is 26.8 Å². The number of ether oxygens (including phenoxy) is 1. The van der Waals surface area contributed by atoms with Gasteiger partial charge in [0.15, 0.2) is 0 Å². The highest BCUT2D eigenvalue weighted by molar-refractivity contribution is 5.88. The third-order valence-electron chi connectivity index (χ3n) is 3.84. The van der Waals surface area contributed by atoms with Gasteiger partial charge in [0.05, 0.1) is 19.0 Å². The number of nitrogens with one attached hydrogen (secondary N) is 2.